The molecule has 0 bridgehead atoms. The third-order valence-electron chi connectivity index (χ3n) is 3.10. The first-order valence-corrected chi connectivity index (χ1v) is 6.07. The minimum Gasteiger partial charge on any atom is -0.303 e. The van der Waals surface area contributed by atoms with E-state index in [4.69, 9.17) is 0 Å². The molecule has 0 fully saturated rings. The van der Waals surface area contributed by atoms with Crippen molar-refractivity contribution in [1.29, 1.82) is 0 Å². The van der Waals surface area contributed by atoms with Crippen molar-refractivity contribution in [3.63, 3.8) is 0 Å². The second-order valence-corrected chi connectivity index (χ2v) is 4.58. The van der Waals surface area contributed by atoms with Crippen molar-refractivity contribution >= 4 is 0 Å². The molecular weight excluding hydrogens is 229 g/mol. The van der Waals surface area contributed by atoms with Crippen molar-refractivity contribution in [2.24, 2.45) is 7.05 Å². The lowest BCUT2D eigenvalue weighted by Crippen LogP contribution is -2.23. The molecule has 0 aliphatic rings. The summed E-state index contributed by atoms with van der Waals surface area (Å²) >= 11 is 0. The highest BCUT2D eigenvalue weighted by Crippen LogP contribution is 2.20. The van der Waals surface area contributed by atoms with Gasteiger partial charge < -0.3 is 5.32 Å². The van der Waals surface area contributed by atoms with Crippen LogP contribution in [0.25, 0.3) is 0 Å². The van der Waals surface area contributed by atoms with E-state index in [1.54, 1.807) is 10.7 Å². The smallest absolute Gasteiger partial charge is 0.127 e. The highest BCUT2D eigenvalue weighted by molar-refractivity contribution is 5.21. The Hall–Kier alpha value is -1.68. The summed E-state index contributed by atoms with van der Waals surface area (Å²) in [5.74, 6) is -0.170. The van der Waals surface area contributed by atoms with E-state index in [9.17, 15) is 4.39 Å². The van der Waals surface area contributed by atoms with Crippen LogP contribution in [-0.2, 0) is 7.05 Å². The standard InChI is InChI=1S/C14H18FN3/c1-10(12-8-16-18(3)9-12)17-11(2)13-6-4-5-7-14(13)15/h4-11,17H,1-3H3. The van der Waals surface area contributed by atoms with E-state index in [0.717, 1.165) is 5.56 Å². The Morgan fingerprint density at radius 1 is 1.22 bits per heavy atom. The number of nitrogens with one attached hydrogen (secondary N) is 1. The highest BCUT2D eigenvalue weighted by Gasteiger charge is 2.14. The number of nitrogens with zero attached hydrogens (tertiary/aromatic N) is 2. The molecule has 2 atom stereocenters. The zero-order valence-electron chi connectivity index (χ0n) is 10.9. The van der Waals surface area contributed by atoms with Gasteiger partial charge in [0.15, 0.2) is 0 Å². The average Bonchev–Trinajstić information content (AvgIpc) is 2.76. The predicted octanol–water partition coefficient (Wildman–Crippen LogP) is 2.97. The number of hydrogen-bond donors (Lipinski definition) is 1. The SMILES string of the molecule is CC(NC(C)c1ccccc1F)c1cnn(C)c1. The van der Waals surface area contributed by atoms with Crippen LogP contribution < -0.4 is 5.32 Å². The number of aryl methyl sites for hydroxylation is 1. The first kappa shape index (κ1) is 12.8. The number of rotatable bonds is 4. The van der Waals surface area contributed by atoms with Gasteiger partial charge in [0.2, 0.25) is 0 Å². The molecule has 1 aromatic heterocycles. The summed E-state index contributed by atoms with van der Waals surface area (Å²) in [7, 11) is 1.89. The Morgan fingerprint density at radius 2 is 1.94 bits per heavy atom. The largest absolute Gasteiger partial charge is 0.303 e. The van der Waals surface area contributed by atoms with Gasteiger partial charge in [-0.25, -0.2) is 4.39 Å². The quantitative estimate of drug-likeness (QED) is 0.900. The fourth-order valence-corrected chi connectivity index (χ4v) is 2.05. The zero-order chi connectivity index (χ0) is 13.1. The molecule has 0 aliphatic carbocycles. The van der Waals surface area contributed by atoms with Crippen LogP contribution in [0.1, 0.15) is 37.1 Å². The predicted molar refractivity (Wildman–Crippen MR) is 69.6 cm³/mol. The van der Waals surface area contributed by atoms with Gasteiger partial charge in [-0.1, -0.05) is 18.2 Å². The lowest BCUT2D eigenvalue weighted by Gasteiger charge is -2.19. The minimum absolute atomic E-state index is 0.0404. The number of benzene rings is 1. The van der Waals surface area contributed by atoms with Crippen LogP contribution >= 0.6 is 0 Å². The van der Waals surface area contributed by atoms with Crippen LogP contribution in [0, 0.1) is 5.82 Å². The van der Waals surface area contributed by atoms with Crippen molar-refractivity contribution in [2.75, 3.05) is 0 Å². The lowest BCUT2D eigenvalue weighted by atomic mass is 10.1. The number of aromatic nitrogens is 2. The van der Waals surface area contributed by atoms with Crippen LogP contribution in [0.5, 0.6) is 0 Å². The van der Waals surface area contributed by atoms with Gasteiger partial charge in [0.25, 0.3) is 0 Å². The average molecular weight is 247 g/mol. The Labute approximate surface area is 107 Å². The Morgan fingerprint density at radius 3 is 2.56 bits per heavy atom. The maximum Gasteiger partial charge on any atom is 0.127 e. The number of halogens is 1. The van der Waals surface area contributed by atoms with Gasteiger partial charge >= 0.3 is 0 Å². The molecule has 0 saturated heterocycles. The van der Waals surface area contributed by atoms with Crippen LogP contribution in [0.3, 0.4) is 0 Å². The molecule has 0 amide bonds. The molecule has 0 spiro atoms. The summed E-state index contributed by atoms with van der Waals surface area (Å²) in [6, 6.07) is 6.95. The van der Waals surface area contributed by atoms with Crippen molar-refractivity contribution in [1.82, 2.24) is 15.1 Å². The maximum absolute atomic E-state index is 13.6. The fraction of sp³-hybridized carbons (Fsp3) is 0.357. The van der Waals surface area contributed by atoms with Gasteiger partial charge in [-0.15, -0.1) is 0 Å². The topological polar surface area (TPSA) is 29.9 Å². The van der Waals surface area contributed by atoms with Crippen molar-refractivity contribution in [3.05, 3.63) is 53.6 Å². The third-order valence-corrected chi connectivity index (χ3v) is 3.10. The Bertz CT molecular complexity index is 521. The monoisotopic (exact) mass is 247 g/mol. The van der Waals surface area contributed by atoms with E-state index < -0.39 is 0 Å². The first-order chi connectivity index (χ1) is 8.58. The summed E-state index contributed by atoms with van der Waals surface area (Å²) < 4.78 is 15.4. The minimum atomic E-state index is -0.170. The molecule has 3 nitrogen and oxygen atoms in total. The molecule has 2 rings (SSSR count). The van der Waals surface area contributed by atoms with Gasteiger partial charge in [-0.05, 0) is 19.9 Å². The van der Waals surface area contributed by atoms with Crippen molar-refractivity contribution < 1.29 is 4.39 Å². The molecule has 0 saturated carbocycles. The van der Waals surface area contributed by atoms with Crippen molar-refractivity contribution in [3.8, 4) is 0 Å². The first-order valence-electron chi connectivity index (χ1n) is 6.07. The van der Waals surface area contributed by atoms with Gasteiger partial charge in [0.05, 0.1) is 6.20 Å². The van der Waals surface area contributed by atoms with Crippen LogP contribution in [0.2, 0.25) is 0 Å². The van der Waals surface area contributed by atoms with Gasteiger partial charge in [0, 0.05) is 36.5 Å². The normalized spacial score (nSPS) is 14.4. The van der Waals surface area contributed by atoms with E-state index in [1.807, 2.05) is 45.4 Å². The summed E-state index contributed by atoms with van der Waals surface area (Å²) in [5, 5.41) is 7.51. The lowest BCUT2D eigenvalue weighted by molar-refractivity contribution is 0.474. The molecule has 0 aliphatic heterocycles. The van der Waals surface area contributed by atoms with Crippen LogP contribution in [0.4, 0.5) is 4.39 Å². The Kier molecular flexibility index (Phi) is 3.77. The molecule has 2 aromatic rings. The summed E-state index contributed by atoms with van der Waals surface area (Å²) in [5.41, 5.74) is 1.79. The van der Waals surface area contributed by atoms with E-state index in [1.165, 1.54) is 6.07 Å². The molecule has 4 heteroatoms. The van der Waals surface area contributed by atoms with E-state index in [2.05, 4.69) is 10.4 Å². The van der Waals surface area contributed by atoms with Gasteiger partial charge in [0.1, 0.15) is 5.82 Å². The number of hydrogen-bond acceptors (Lipinski definition) is 2. The van der Waals surface area contributed by atoms with Gasteiger partial charge in [-0.2, -0.15) is 5.10 Å². The molecule has 2 unspecified atom stereocenters. The zero-order valence-corrected chi connectivity index (χ0v) is 10.9. The van der Waals surface area contributed by atoms with Crippen molar-refractivity contribution in [2.45, 2.75) is 25.9 Å². The maximum atomic E-state index is 13.6. The van der Waals surface area contributed by atoms with Crippen LogP contribution in [0.15, 0.2) is 36.7 Å². The molecule has 1 N–H and O–H groups in total. The van der Waals surface area contributed by atoms with Gasteiger partial charge in [-0.3, -0.25) is 4.68 Å². The summed E-state index contributed by atoms with van der Waals surface area (Å²) in [6.45, 7) is 4.01. The van der Waals surface area contributed by atoms with E-state index in [0.29, 0.717) is 5.56 Å². The molecule has 96 valence electrons. The Balaban J connectivity index is 2.08. The molecular formula is C14H18FN3. The summed E-state index contributed by atoms with van der Waals surface area (Å²) in [4.78, 5) is 0. The van der Waals surface area contributed by atoms with E-state index >= 15 is 0 Å². The molecule has 1 heterocycles. The molecule has 1 aromatic carbocycles. The second kappa shape index (κ2) is 5.31. The third kappa shape index (κ3) is 2.76. The van der Waals surface area contributed by atoms with E-state index in [-0.39, 0.29) is 17.9 Å². The molecule has 0 radical (unpaired) electrons. The second-order valence-electron chi connectivity index (χ2n) is 4.58. The highest BCUT2D eigenvalue weighted by atomic mass is 19.1. The summed E-state index contributed by atoms with van der Waals surface area (Å²) in [6.07, 6.45) is 3.79. The molecule has 18 heavy (non-hydrogen) atoms. The fourth-order valence-electron chi connectivity index (χ4n) is 2.05. The van der Waals surface area contributed by atoms with Crippen LogP contribution in [-0.4, -0.2) is 9.78 Å².